The van der Waals surface area contributed by atoms with Gasteiger partial charge in [0.1, 0.15) is 5.69 Å². The molecule has 2 rings (SSSR count). The van der Waals surface area contributed by atoms with Gasteiger partial charge in [0.25, 0.3) is 0 Å². The first-order valence-corrected chi connectivity index (χ1v) is 4.50. The molecule has 0 aliphatic heterocycles. The average molecular weight is 199 g/mol. The van der Waals surface area contributed by atoms with Crippen LogP contribution in [0.25, 0.3) is 11.5 Å². The van der Waals surface area contributed by atoms with E-state index in [9.17, 15) is 4.79 Å². The van der Waals surface area contributed by atoms with Crippen LogP contribution in [0.1, 0.15) is 15.9 Å². The van der Waals surface area contributed by atoms with Crippen LogP contribution in [0.5, 0.6) is 0 Å². The third-order valence-electron chi connectivity index (χ3n) is 2.03. The minimum atomic E-state index is 0.465. The van der Waals surface area contributed by atoms with Crippen molar-refractivity contribution in [3.63, 3.8) is 0 Å². The molecule has 0 radical (unpaired) electrons. The number of aldehydes is 1. The van der Waals surface area contributed by atoms with Gasteiger partial charge in [-0.25, -0.2) is 9.97 Å². The quantitative estimate of drug-likeness (QED) is 0.690. The Bertz CT molecular complexity index is 479. The predicted octanol–water partition coefficient (Wildman–Crippen LogP) is 1.66. The Kier molecular flexibility index (Phi) is 2.49. The molecule has 0 saturated heterocycles. The molecule has 0 saturated carbocycles. The van der Waals surface area contributed by atoms with Crippen LogP contribution in [0.4, 0.5) is 0 Å². The number of rotatable bonds is 2. The van der Waals surface area contributed by atoms with Crippen LogP contribution < -0.4 is 0 Å². The van der Waals surface area contributed by atoms with Gasteiger partial charge < -0.3 is 0 Å². The van der Waals surface area contributed by atoms with Crippen molar-refractivity contribution in [2.45, 2.75) is 6.92 Å². The second-order valence-corrected chi connectivity index (χ2v) is 3.13. The minimum absolute atomic E-state index is 0.465. The molecule has 0 atom stereocenters. The monoisotopic (exact) mass is 199 g/mol. The molecule has 2 aromatic rings. The van der Waals surface area contributed by atoms with Gasteiger partial charge in [-0.15, -0.1) is 0 Å². The first kappa shape index (κ1) is 9.45. The van der Waals surface area contributed by atoms with Crippen molar-refractivity contribution in [3.8, 4) is 11.5 Å². The van der Waals surface area contributed by atoms with Crippen molar-refractivity contribution in [2.75, 3.05) is 0 Å². The first-order chi connectivity index (χ1) is 7.31. The van der Waals surface area contributed by atoms with Crippen molar-refractivity contribution >= 4 is 6.29 Å². The summed E-state index contributed by atoms with van der Waals surface area (Å²) in [6.45, 7) is 1.94. The second kappa shape index (κ2) is 3.96. The Morgan fingerprint density at radius 3 is 2.53 bits per heavy atom. The third kappa shape index (κ3) is 1.88. The molecule has 0 unspecified atom stereocenters. The number of hydrogen-bond donors (Lipinski definition) is 0. The van der Waals surface area contributed by atoms with E-state index in [1.54, 1.807) is 6.20 Å². The highest BCUT2D eigenvalue weighted by atomic mass is 16.1. The first-order valence-electron chi connectivity index (χ1n) is 4.50. The number of carbonyl (C=O) groups excluding carboxylic acids is 1. The lowest BCUT2D eigenvalue weighted by molar-refractivity contribution is 0.112. The summed E-state index contributed by atoms with van der Waals surface area (Å²) in [5.74, 6) is 0.540. The molecule has 74 valence electrons. The van der Waals surface area contributed by atoms with E-state index in [-0.39, 0.29) is 0 Å². The fraction of sp³-hybridized carbons (Fsp3) is 0.0909. The molecule has 0 N–H and O–H groups in total. The summed E-state index contributed by atoms with van der Waals surface area (Å²) in [6.07, 6.45) is 5.39. The minimum Gasteiger partial charge on any atom is -0.298 e. The van der Waals surface area contributed by atoms with Crippen LogP contribution in [0.3, 0.4) is 0 Å². The largest absolute Gasteiger partial charge is 0.298 e. The zero-order valence-corrected chi connectivity index (χ0v) is 8.21. The van der Waals surface area contributed by atoms with E-state index in [0.29, 0.717) is 11.4 Å². The fourth-order valence-corrected chi connectivity index (χ4v) is 1.24. The van der Waals surface area contributed by atoms with Gasteiger partial charge in [0, 0.05) is 18.6 Å². The van der Waals surface area contributed by atoms with Gasteiger partial charge in [0.05, 0.1) is 5.56 Å². The molecule has 0 fully saturated rings. The molecule has 0 bridgehead atoms. The summed E-state index contributed by atoms with van der Waals surface area (Å²) < 4.78 is 0. The molecule has 2 heterocycles. The van der Waals surface area contributed by atoms with Crippen molar-refractivity contribution < 1.29 is 4.79 Å². The van der Waals surface area contributed by atoms with Gasteiger partial charge in [0.2, 0.25) is 0 Å². The SMILES string of the molecule is Cc1cccnc1-c1ncc(C=O)cn1. The predicted molar refractivity (Wildman–Crippen MR) is 55.4 cm³/mol. The summed E-state index contributed by atoms with van der Waals surface area (Å²) in [6, 6.07) is 3.80. The van der Waals surface area contributed by atoms with Crippen LogP contribution in [0.2, 0.25) is 0 Å². The Morgan fingerprint density at radius 2 is 1.93 bits per heavy atom. The zero-order valence-electron chi connectivity index (χ0n) is 8.21. The highest BCUT2D eigenvalue weighted by Crippen LogP contribution is 2.14. The Morgan fingerprint density at radius 1 is 1.20 bits per heavy atom. The third-order valence-corrected chi connectivity index (χ3v) is 2.03. The van der Waals surface area contributed by atoms with E-state index >= 15 is 0 Å². The summed E-state index contributed by atoms with van der Waals surface area (Å²) in [5, 5.41) is 0. The summed E-state index contributed by atoms with van der Waals surface area (Å²) in [4.78, 5) is 22.8. The van der Waals surface area contributed by atoms with Crippen LogP contribution >= 0.6 is 0 Å². The molecule has 4 heteroatoms. The number of pyridine rings is 1. The number of aromatic nitrogens is 3. The molecule has 15 heavy (non-hydrogen) atoms. The van der Waals surface area contributed by atoms with E-state index in [1.165, 1.54) is 12.4 Å². The van der Waals surface area contributed by atoms with Crippen LogP contribution in [-0.4, -0.2) is 21.2 Å². The Hall–Kier alpha value is -2.10. The normalized spacial score (nSPS) is 9.93. The van der Waals surface area contributed by atoms with E-state index in [0.717, 1.165) is 17.5 Å². The summed E-state index contributed by atoms with van der Waals surface area (Å²) in [7, 11) is 0. The molecule has 0 aliphatic carbocycles. The maximum absolute atomic E-state index is 10.4. The van der Waals surface area contributed by atoms with Crippen molar-refractivity contribution in [1.29, 1.82) is 0 Å². The summed E-state index contributed by atoms with van der Waals surface area (Å²) in [5.41, 5.74) is 2.22. The van der Waals surface area contributed by atoms with Crippen molar-refractivity contribution in [3.05, 3.63) is 41.9 Å². The van der Waals surface area contributed by atoms with Gasteiger partial charge in [-0.2, -0.15) is 0 Å². The van der Waals surface area contributed by atoms with Gasteiger partial charge in [-0.3, -0.25) is 9.78 Å². The molecule has 4 nitrogen and oxygen atoms in total. The van der Waals surface area contributed by atoms with E-state index in [4.69, 9.17) is 0 Å². The standard InChI is InChI=1S/C11H9N3O/c1-8-3-2-4-12-10(8)11-13-5-9(7-15)6-14-11/h2-7H,1H3. The molecule has 2 aromatic heterocycles. The maximum atomic E-state index is 10.4. The summed E-state index contributed by atoms with van der Waals surface area (Å²) >= 11 is 0. The molecular weight excluding hydrogens is 190 g/mol. The van der Waals surface area contributed by atoms with Crippen LogP contribution in [0, 0.1) is 6.92 Å². The smallest absolute Gasteiger partial charge is 0.178 e. The Balaban J connectivity index is 2.46. The topological polar surface area (TPSA) is 55.7 Å². The molecule has 0 amide bonds. The highest BCUT2D eigenvalue weighted by molar-refractivity contribution is 5.73. The number of nitrogens with zero attached hydrogens (tertiary/aromatic N) is 3. The Labute approximate surface area is 87.0 Å². The second-order valence-electron chi connectivity index (χ2n) is 3.13. The van der Waals surface area contributed by atoms with E-state index < -0.39 is 0 Å². The van der Waals surface area contributed by atoms with Gasteiger partial charge in [-0.1, -0.05) is 6.07 Å². The van der Waals surface area contributed by atoms with E-state index in [1.807, 2.05) is 19.1 Å². The highest BCUT2D eigenvalue weighted by Gasteiger charge is 2.05. The molecule has 0 spiro atoms. The van der Waals surface area contributed by atoms with Crippen molar-refractivity contribution in [1.82, 2.24) is 15.0 Å². The van der Waals surface area contributed by atoms with Crippen molar-refractivity contribution in [2.24, 2.45) is 0 Å². The van der Waals surface area contributed by atoms with E-state index in [2.05, 4.69) is 15.0 Å². The lowest BCUT2D eigenvalue weighted by atomic mass is 10.2. The lowest BCUT2D eigenvalue weighted by Crippen LogP contribution is -1.95. The number of carbonyl (C=O) groups is 1. The van der Waals surface area contributed by atoms with Gasteiger partial charge >= 0.3 is 0 Å². The van der Waals surface area contributed by atoms with Crippen LogP contribution in [-0.2, 0) is 0 Å². The molecule has 0 aliphatic rings. The fourth-order valence-electron chi connectivity index (χ4n) is 1.24. The lowest BCUT2D eigenvalue weighted by Gasteiger charge is -2.01. The molecule has 0 aromatic carbocycles. The zero-order chi connectivity index (χ0) is 10.7. The molecular formula is C11H9N3O. The van der Waals surface area contributed by atoms with Gasteiger partial charge in [-0.05, 0) is 18.6 Å². The maximum Gasteiger partial charge on any atom is 0.178 e. The van der Waals surface area contributed by atoms with Gasteiger partial charge in [0.15, 0.2) is 12.1 Å². The number of aryl methyl sites for hydroxylation is 1. The number of hydrogen-bond acceptors (Lipinski definition) is 4. The average Bonchev–Trinajstić information content (AvgIpc) is 2.30. The van der Waals surface area contributed by atoms with Crippen LogP contribution in [0.15, 0.2) is 30.7 Å².